The molecule has 0 aliphatic carbocycles. The molecular formula is C53H70N8O6. The molecule has 14 nitrogen and oxygen atoms in total. The van der Waals surface area contributed by atoms with E-state index < -0.39 is 6.04 Å². The van der Waals surface area contributed by atoms with Gasteiger partial charge in [0.05, 0.1) is 49.7 Å². The fraction of sp³-hybridized carbons (Fsp3) is 0.358. The maximum atomic E-state index is 13.8. The second-order valence-electron chi connectivity index (χ2n) is 14.7. The smallest absolute Gasteiger partial charge is 0.292 e. The number of H-pyrrole nitrogens is 2. The number of terminal acetylenes is 2. The molecule has 0 saturated carbocycles. The summed E-state index contributed by atoms with van der Waals surface area (Å²) in [7, 11) is 6.34. The highest BCUT2D eigenvalue weighted by Gasteiger charge is 2.27. The minimum atomic E-state index is -0.767. The number of benzene rings is 4. The Morgan fingerprint density at radius 3 is 1.90 bits per heavy atom. The quantitative estimate of drug-likeness (QED) is 0.0516. The third kappa shape index (κ3) is 18.3. The van der Waals surface area contributed by atoms with Crippen LogP contribution < -0.4 is 10.6 Å². The summed E-state index contributed by atoms with van der Waals surface area (Å²) in [6, 6.07) is 27.5. The lowest BCUT2D eigenvalue weighted by Gasteiger charge is -2.27. The van der Waals surface area contributed by atoms with E-state index in [0.29, 0.717) is 51.4 Å². The van der Waals surface area contributed by atoms with Gasteiger partial charge >= 0.3 is 0 Å². The van der Waals surface area contributed by atoms with Crippen LogP contribution in [0.2, 0.25) is 0 Å². The van der Waals surface area contributed by atoms with Crippen LogP contribution in [-0.2, 0) is 41.7 Å². The molecule has 2 heterocycles. The van der Waals surface area contributed by atoms with E-state index in [1.54, 1.807) is 39.3 Å². The van der Waals surface area contributed by atoms with Crippen LogP contribution in [-0.4, -0.2) is 102 Å². The molecule has 14 heteroatoms. The molecule has 0 aliphatic heterocycles. The summed E-state index contributed by atoms with van der Waals surface area (Å²) in [5, 5.41) is 8.00. The van der Waals surface area contributed by atoms with Crippen molar-refractivity contribution in [2.75, 3.05) is 48.0 Å². The van der Waals surface area contributed by atoms with Gasteiger partial charge in [-0.2, -0.15) is 0 Å². The van der Waals surface area contributed by atoms with E-state index in [0.717, 1.165) is 68.4 Å². The minimum absolute atomic E-state index is 0.0567. The maximum Gasteiger partial charge on any atom is 0.292 e. The lowest BCUT2D eigenvalue weighted by Crippen LogP contribution is -2.43. The normalized spacial score (nSPS) is 10.3. The number of likely N-dealkylation sites (N-methyl/N-ethyl adjacent to an activating group) is 1. The molecule has 6 rings (SSSR count). The molecule has 0 aliphatic rings. The van der Waals surface area contributed by atoms with E-state index in [1.807, 2.05) is 42.2 Å². The van der Waals surface area contributed by atoms with Crippen molar-refractivity contribution >= 4 is 46.0 Å². The lowest BCUT2D eigenvalue weighted by molar-refractivity contribution is -0.137. The summed E-state index contributed by atoms with van der Waals surface area (Å²) in [5.74, 6) is 1.16. The highest BCUT2D eigenvalue weighted by molar-refractivity contribution is 6.05. The Balaban J connectivity index is 0.00000144. The minimum Gasteiger partial charge on any atom is -0.471 e. The number of ether oxygens (including phenoxy) is 2. The van der Waals surface area contributed by atoms with Crippen LogP contribution in [0.25, 0.3) is 44.2 Å². The first-order valence-electron chi connectivity index (χ1n) is 22.2. The summed E-state index contributed by atoms with van der Waals surface area (Å²) >= 11 is 0. The molecule has 4 N–H and O–H groups in total. The topological polar surface area (TPSA) is 175 Å². The second kappa shape index (κ2) is 33.3. The van der Waals surface area contributed by atoms with Crippen LogP contribution in [0.4, 0.5) is 0 Å². The van der Waals surface area contributed by atoms with Crippen molar-refractivity contribution in [1.82, 2.24) is 40.4 Å². The Bertz CT molecular complexity index is 2380. The average Bonchev–Trinajstić information content (AvgIpc) is 4.02. The fourth-order valence-corrected chi connectivity index (χ4v) is 6.64. The molecule has 0 fully saturated rings. The number of nitrogens with zero attached hydrogens (tertiary/aromatic N) is 4. The Hall–Kier alpha value is -7.26. The van der Waals surface area contributed by atoms with Gasteiger partial charge in [0.2, 0.25) is 17.7 Å². The molecule has 3 amide bonds. The number of carbonyl (C=O) groups is 4. The Morgan fingerprint density at radius 1 is 0.761 bits per heavy atom. The summed E-state index contributed by atoms with van der Waals surface area (Å²) in [6.07, 6.45) is 21.0. The maximum absolute atomic E-state index is 13.8. The lowest BCUT2D eigenvalue weighted by atomic mass is 9.99. The van der Waals surface area contributed by atoms with E-state index in [-0.39, 0.29) is 17.7 Å². The summed E-state index contributed by atoms with van der Waals surface area (Å²) in [4.78, 5) is 67.7. The third-order valence-corrected chi connectivity index (χ3v) is 9.44. The predicted molar refractivity (Wildman–Crippen MR) is 271 cm³/mol. The first-order chi connectivity index (χ1) is 32.6. The monoisotopic (exact) mass is 915 g/mol. The molecule has 0 unspecified atom stereocenters. The number of methoxy groups -OCH3 is 2. The molecule has 6 aromatic rings. The van der Waals surface area contributed by atoms with Gasteiger partial charge in [-0.25, -0.2) is 9.97 Å². The highest BCUT2D eigenvalue weighted by Crippen LogP contribution is 2.30. The van der Waals surface area contributed by atoms with Crippen LogP contribution >= 0.6 is 0 Å². The summed E-state index contributed by atoms with van der Waals surface area (Å²) in [6.45, 7) is 12.7. The van der Waals surface area contributed by atoms with Gasteiger partial charge in [0, 0.05) is 39.1 Å². The molecule has 0 radical (unpaired) electrons. The largest absolute Gasteiger partial charge is 0.471 e. The van der Waals surface area contributed by atoms with Gasteiger partial charge < -0.3 is 39.9 Å². The van der Waals surface area contributed by atoms with Gasteiger partial charge in [0.15, 0.2) is 0 Å². The molecular weight excluding hydrogens is 845 g/mol. The zero-order valence-corrected chi connectivity index (χ0v) is 40.7. The number of nitrogens with one attached hydrogen (secondary N) is 4. The molecule has 4 aromatic carbocycles. The van der Waals surface area contributed by atoms with Gasteiger partial charge in [-0.15, -0.1) is 25.7 Å². The van der Waals surface area contributed by atoms with Crippen LogP contribution in [0, 0.1) is 25.7 Å². The molecule has 0 spiro atoms. The van der Waals surface area contributed by atoms with E-state index in [4.69, 9.17) is 9.78 Å². The highest BCUT2D eigenvalue weighted by atomic mass is 16.5. The molecule has 358 valence electrons. The van der Waals surface area contributed by atoms with Crippen LogP contribution in [0.5, 0.6) is 0 Å². The number of amides is 3. The molecule has 0 saturated heterocycles. The average molecular weight is 915 g/mol. The SMILES string of the molecule is C#C.C#C.CCC.CCCN(Cc1nc2c(ccc3cc(-c4ccc(-c5cnc(CN(CCC)C(=O)[C@H](NC(=O)CC)c6ccccc6)[nH]5)cc4)ccc32)[nH]1)C(=O)CNC.COC.COC=O. The number of fused-ring (bicyclic) bond motifs is 3. The molecule has 0 bridgehead atoms. The van der Waals surface area contributed by atoms with Crippen molar-refractivity contribution in [2.45, 2.75) is 79.4 Å². The summed E-state index contributed by atoms with van der Waals surface area (Å²) in [5.41, 5.74) is 6.60. The fourth-order valence-electron chi connectivity index (χ4n) is 6.64. The number of hydrogen-bond donors (Lipinski definition) is 4. The van der Waals surface area contributed by atoms with E-state index in [1.165, 1.54) is 13.5 Å². The zero-order chi connectivity index (χ0) is 50.1. The van der Waals surface area contributed by atoms with Gasteiger partial charge in [0.25, 0.3) is 6.47 Å². The number of imidazole rings is 2. The number of rotatable bonds is 17. The third-order valence-electron chi connectivity index (χ3n) is 9.44. The molecule has 2 aromatic heterocycles. The number of hydrogen-bond acceptors (Lipinski definition) is 9. The zero-order valence-electron chi connectivity index (χ0n) is 40.7. The first kappa shape index (κ1) is 57.8. The Labute approximate surface area is 397 Å². The molecule has 1 atom stereocenters. The first-order valence-corrected chi connectivity index (χ1v) is 22.2. The van der Waals surface area contributed by atoms with Crippen molar-refractivity contribution in [3.8, 4) is 48.1 Å². The van der Waals surface area contributed by atoms with Gasteiger partial charge in [-0.1, -0.05) is 114 Å². The second-order valence-corrected chi connectivity index (χ2v) is 14.7. The van der Waals surface area contributed by atoms with E-state index in [2.05, 4.69) is 136 Å². The molecule has 67 heavy (non-hydrogen) atoms. The van der Waals surface area contributed by atoms with Gasteiger partial charge in [-0.3, -0.25) is 19.2 Å². The van der Waals surface area contributed by atoms with Crippen LogP contribution in [0.15, 0.2) is 91.1 Å². The Morgan fingerprint density at radius 2 is 1.33 bits per heavy atom. The van der Waals surface area contributed by atoms with E-state index >= 15 is 0 Å². The van der Waals surface area contributed by atoms with Crippen LogP contribution in [0.1, 0.15) is 83.6 Å². The van der Waals surface area contributed by atoms with Gasteiger partial charge in [0.1, 0.15) is 17.7 Å². The summed E-state index contributed by atoms with van der Waals surface area (Å²) < 4.78 is 8.11. The van der Waals surface area contributed by atoms with Crippen molar-refractivity contribution in [1.29, 1.82) is 0 Å². The van der Waals surface area contributed by atoms with Crippen LogP contribution in [0.3, 0.4) is 0 Å². The van der Waals surface area contributed by atoms with Crippen molar-refractivity contribution in [3.05, 3.63) is 108 Å². The van der Waals surface area contributed by atoms with Crippen molar-refractivity contribution in [3.63, 3.8) is 0 Å². The Kier molecular flexibility index (Phi) is 28.7. The van der Waals surface area contributed by atoms with E-state index in [9.17, 15) is 14.4 Å². The standard InChI is InChI=1S/C42H48N8O3.C3H8.C2H4O2.C2H6O.2C2H2/c1-5-21-49(39(52)25-43-4)27-37-45-34-20-18-32-23-31(17-19-33(32)41(34)47-37)28-13-15-29(16-14-28)35-24-44-36(46-35)26-50(22-6-2)42(53)40(48-38(51)7-3)30-11-9-8-10-12-30;1-3-2;1-4-2-3;1-3-2;2*1-2/h8-20,23-24,40,43H,5-7,21-22,25-27H2,1-4H3,(H,44,46)(H,45,47)(H,48,51);3H2,1-2H3;2H,1H3;1-2H3;2*1-2H/t40-;;;;;/m1...../s1. The van der Waals surface area contributed by atoms with Crippen molar-refractivity contribution < 1.29 is 28.7 Å². The van der Waals surface area contributed by atoms with Crippen molar-refractivity contribution in [2.24, 2.45) is 0 Å². The number of aromatic nitrogens is 4. The number of carbonyl (C=O) groups excluding carboxylic acids is 4. The number of aromatic amines is 2. The predicted octanol–water partition coefficient (Wildman–Crippen LogP) is 8.70. The van der Waals surface area contributed by atoms with Gasteiger partial charge in [-0.05, 0) is 59.7 Å².